The summed E-state index contributed by atoms with van der Waals surface area (Å²) in [7, 11) is 1.34. The van der Waals surface area contributed by atoms with Crippen LogP contribution < -0.4 is 5.73 Å². The second-order valence-corrected chi connectivity index (χ2v) is 5.74. The number of carbonyl (C=O) groups is 1. The Balaban J connectivity index is 2.11. The summed E-state index contributed by atoms with van der Waals surface area (Å²) >= 11 is 0. The van der Waals surface area contributed by atoms with Crippen LogP contribution in [0.1, 0.15) is 36.6 Å². The Hall–Kier alpha value is -1.56. The van der Waals surface area contributed by atoms with Gasteiger partial charge in [-0.25, -0.2) is 9.78 Å². The highest BCUT2D eigenvalue weighted by Crippen LogP contribution is 2.23. The van der Waals surface area contributed by atoms with Gasteiger partial charge in [-0.1, -0.05) is 0 Å². The van der Waals surface area contributed by atoms with Crippen LogP contribution in [0, 0.1) is 12.8 Å². The number of nitrogens with two attached hydrogens (primary N) is 1. The maximum atomic E-state index is 11.6. The number of nitrogen functional groups attached to an aromatic ring is 1. The maximum absolute atomic E-state index is 11.6. The molecular weight excluding hydrogens is 256 g/mol. The molecule has 1 aliphatic heterocycles. The minimum absolute atomic E-state index is 0.226. The molecule has 1 unspecified atom stereocenters. The molecule has 1 aliphatic rings. The number of likely N-dealkylation sites (tertiary alicyclic amines) is 1. The molecule has 1 aromatic heterocycles. The van der Waals surface area contributed by atoms with Crippen molar-refractivity contribution in [3.8, 4) is 0 Å². The number of aromatic nitrogens is 2. The van der Waals surface area contributed by atoms with E-state index in [-0.39, 0.29) is 5.69 Å². The average Bonchev–Trinajstić information content (AvgIpc) is 2.98. The molecule has 0 bridgehead atoms. The number of hydrogen-bond acceptors (Lipinski definition) is 5. The molecule has 0 radical (unpaired) electrons. The molecule has 1 aromatic rings. The molecule has 6 nitrogen and oxygen atoms in total. The van der Waals surface area contributed by atoms with Gasteiger partial charge in [-0.15, -0.1) is 0 Å². The molecule has 2 N–H and O–H groups in total. The Labute approximate surface area is 119 Å². The van der Waals surface area contributed by atoms with E-state index in [1.54, 1.807) is 0 Å². The first-order valence-corrected chi connectivity index (χ1v) is 7.09. The largest absolute Gasteiger partial charge is 0.464 e. The third kappa shape index (κ3) is 2.80. The fourth-order valence-corrected chi connectivity index (χ4v) is 2.80. The molecule has 112 valence electrons. The van der Waals surface area contributed by atoms with E-state index in [1.807, 2.05) is 11.5 Å². The van der Waals surface area contributed by atoms with Gasteiger partial charge in [0.25, 0.3) is 0 Å². The van der Waals surface area contributed by atoms with Crippen LogP contribution in [-0.4, -0.2) is 46.7 Å². The van der Waals surface area contributed by atoms with Gasteiger partial charge in [0.1, 0.15) is 11.6 Å². The number of esters is 1. The molecule has 1 atom stereocenters. The molecule has 6 heteroatoms. The van der Waals surface area contributed by atoms with Crippen molar-refractivity contribution in [1.82, 2.24) is 14.5 Å². The summed E-state index contributed by atoms with van der Waals surface area (Å²) in [5.41, 5.74) is 6.26. The molecule has 0 saturated carbocycles. The maximum Gasteiger partial charge on any atom is 0.360 e. The molecule has 20 heavy (non-hydrogen) atoms. The highest BCUT2D eigenvalue weighted by atomic mass is 16.5. The number of rotatable bonds is 4. The number of hydrogen-bond donors (Lipinski definition) is 1. The van der Waals surface area contributed by atoms with Crippen molar-refractivity contribution in [3.63, 3.8) is 0 Å². The molecule has 2 rings (SSSR count). The van der Waals surface area contributed by atoms with Crippen molar-refractivity contribution < 1.29 is 9.53 Å². The van der Waals surface area contributed by atoms with Crippen LogP contribution in [0.15, 0.2) is 0 Å². The summed E-state index contributed by atoms with van der Waals surface area (Å²) in [5, 5.41) is 0. The summed E-state index contributed by atoms with van der Waals surface area (Å²) in [4.78, 5) is 18.3. The fraction of sp³-hybridized carbons (Fsp3) is 0.714. The van der Waals surface area contributed by atoms with Gasteiger partial charge in [-0.05, 0) is 39.7 Å². The third-order valence-corrected chi connectivity index (χ3v) is 4.06. The molecule has 0 spiro atoms. The van der Waals surface area contributed by atoms with E-state index in [2.05, 4.69) is 23.7 Å². The second-order valence-electron chi connectivity index (χ2n) is 5.74. The highest BCUT2D eigenvalue weighted by Gasteiger charge is 2.27. The van der Waals surface area contributed by atoms with Gasteiger partial charge in [0.05, 0.1) is 7.11 Å². The van der Waals surface area contributed by atoms with Crippen molar-refractivity contribution in [1.29, 1.82) is 0 Å². The zero-order valence-electron chi connectivity index (χ0n) is 12.7. The van der Waals surface area contributed by atoms with Crippen LogP contribution in [-0.2, 0) is 11.3 Å². The SMILES string of the molecule is COC(=O)c1nc(C)n(CC2CCN(C(C)C)C2)c1N. The van der Waals surface area contributed by atoms with Crippen molar-refractivity contribution in [2.75, 3.05) is 25.9 Å². The van der Waals surface area contributed by atoms with Gasteiger partial charge >= 0.3 is 5.97 Å². The van der Waals surface area contributed by atoms with Crippen LogP contribution in [0.25, 0.3) is 0 Å². The first-order valence-electron chi connectivity index (χ1n) is 7.09. The topological polar surface area (TPSA) is 73.4 Å². The van der Waals surface area contributed by atoms with Crippen molar-refractivity contribution in [3.05, 3.63) is 11.5 Å². The Bertz CT molecular complexity index is 496. The Morgan fingerprint density at radius 1 is 1.55 bits per heavy atom. The van der Waals surface area contributed by atoms with E-state index >= 15 is 0 Å². The highest BCUT2D eigenvalue weighted by molar-refractivity contribution is 5.92. The van der Waals surface area contributed by atoms with E-state index in [9.17, 15) is 4.79 Å². The van der Waals surface area contributed by atoms with Gasteiger partial charge in [0.2, 0.25) is 0 Å². The molecule has 1 fully saturated rings. The first kappa shape index (κ1) is 14.8. The number of carbonyl (C=O) groups excluding carboxylic acids is 1. The van der Waals surface area contributed by atoms with Crippen molar-refractivity contribution >= 4 is 11.8 Å². The lowest BCUT2D eigenvalue weighted by Crippen LogP contribution is -2.29. The standard InChI is InChI=1S/C14H24N4O2/c1-9(2)17-6-5-11(7-17)8-18-10(3)16-12(13(18)15)14(19)20-4/h9,11H,5-8,15H2,1-4H3. The Kier molecular flexibility index (Phi) is 4.32. The lowest BCUT2D eigenvalue weighted by molar-refractivity contribution is 0.0595. The fourth-order valence-electron chi connectivity index (χ4n) is 2.80. The molecule has 0 aliphatic carbocycles. The van der Waals surface area contributed by atoms with E-state index < -0.39 is 5.97 Å². The predicted octanol–water partition coefficient (Wildman–Crippen LogP) is 1.29. The summed E-state index contributed by atoms with van der Waals surface area (Å²) in [6.45, 7) is 9.31. The minimum Gasteiger partial charge on any atom is -0.464 e. The van der Waals surface area contributed by atoms with E-state index in [1.165, 1.54) is 7.11 Å². The lowest BCUT2D eigenvalue weighted by atomic mass is 10.1. The molecular formula is C14H24N4O2. The quantitative estimate of drug-likeness (QED) is 0.841. The van der Waals surface area contributed by atoms with Gasteiger partial charge in [-0.3, -0.25) is 0 Å². The lowest BCUT2D eigenvalue weighted by Gasteiger charge is -2.20. The van der Waals surface area contributed by atoms with E-state index in [0.29, 0.717) is 17.8 Å². The zero-order chi connectivity index (χ0) is 14.9. The summed E-state index contributed by atoms with van der Waals surface area (Å²) in [6.07, 6.45) is 1.16. The van der Waals surface area contributed by atoms with E-state index in [0.717, 1.165) is 31.9 Å². The monoisotopic (exact) mass is 280 g/mol. The normalized spacial score (nSPS) is 19.8. The Morgan fingerprint density at radius 2 is 2.25 bits per heavy atom. The zero-order valence-corrected chi connectivity index (χ0v) is 12.7. The summed E-state index contributed by atoms with van der Waals surface area (Å²) < 4.78 is 6.63. The number of aryl methyl sites for hydroxylation is 1. The number of imidazole rings is 1. The second kappa shape index (κ2) is 5.83. The summed E-state index contributed by atoms with van der Waals surface area (Å²) in [6, 6.07) is 0.576. The summed E-state index contributed by atoms with van der Waals surface area (Å²) in [5.74, 6) is 1.26. The number of methoxy groups -OCH3 is 1. The molecule has 0 amide bonds. The first-order chi connectivity index (χ1) is 9.43. The smallest absolute Gasteiger partial charge is 0.360 e. The molecule has 2 heterocycles. The van der Waals surface area contributed by atoms with Crippen LogP contribution in [0.2, 0.25) is 0 Å². The van der Waals surface area contributed by atoms with Crippen molar-refractivity contribution in [2.24, 2.45) is 5.92 Å². The minimum atomic E-state index is -0.473. The van der Waals surface area contributed by atoms with Crippen molar-refractivity contribution in [2.45, 2.75) is 39.8 Å². The third-order valence-electron chi connectivity index (χ3n) is 4.06. The molecule has 1 saturated heterocycles. The average molecular weight is 280 g/mol. The van der Waals surface area contributed by atoms with Gasteiger partial charge < -0.3 is 19.9 Å². The van der Waals surface area contributed by atoms with Gasteiger partial charge in [-0.2, -0.15) is 0 Å². The number of anilines is 1. The molecule has 0 aromatic carbocycles. The van der Waals surface area contributed by atoms with Gasteiger partial charge in [0.15, 0.2) is 5.69 Å². The predicted molar refractivity (Wildman–Crippen MR) is 77.5 cm³/mol. The number of nitrogens with zero attached hydrogens (tertiary/aromatic N) is 3. The van der Waals surface area contributed by atoms with Gasteiger partial charge in [0, 0.05) is 19.1 Å². The van der Waals surface area contributed by atoms with Crippen LogP contribution in [0.5, 0.6) is 0 Å². The van der Waals surface area contributed by atoms with E-state index in [4.69, 9.17) is 10.5 Å². The Morgan fingerprint density at radius 3 is 2.80 bits per heavy atom. The number of ether oxygens (including phenoxy) is 1. The van der Waals surface area contributed by atoms with Crippen LogP contribution >= 0.6 is 0 Å². The van der Waals surface area contributed by atoms with Crippen LogP contribution in [0.4, 0.5) is 5.82 Å². The van der Waals surface area contributed by atoms with Crippen LogP contribution in [0.3, 0.4) is 0 Å².